The highest BCUT2D eigenvalue weighted by atomic mass is 16.5. The summed E-state index contributed by atoms with van der Waals surface area (Å²) in [7, 11) is 2.20. The van der Waals surface area contributed by atoms with Crippen LogP contribution in [0.25, 0.3) is 0 Å². The van der Waals surface area contributed by atoms with E-state index in [1.165, 1.54) is 0 Å². The lowest BCUT2D eigenvalue weighted by molar-refractivity contribution is -0.00965. The third-order valence-corrected chi connectivity index (χ3v) is 0.986. The Labute approximate surface area is 39.1 Å². The molecule has 0 saturated carbocycles. The van der Waals surface area contributed by atoms with Crippen LogP contribution < -0.4 is 0 Å². The Morgan fingerprint density at radius 1 is 1.67 bits per heavy atom. The lowest BCUT2D eigenvalue weighted by Gasteiger charge is -2.33. The number of rotatable bonds is 0. The fraction of sp³-hybridized carbons (Fsp3) is 1.00. The molecule has 1 aliphatic heterocycles. The van der Waals surface area contributed by atoms with Crippen molar-refractivity contribution in [2.45, 2.75) is 12.2 Å². The van der Waals surface area contributed by atoms with Gasteiger partial charge < -0.3 is 4.74 Å². The molecule has 1 aliphatic rings. The van der Waals surface area contributed by atoms with Crippen LogP contribution >= 0.6 is 0 Å². The summed E-state index contributed by atoms with van der Waals surface area (Å²) in [4.78, 5) is 0. The van der Waals surface area contributed by atoms with Crippen LogP contribution in [0.5, 0.6) is 0 Å². The van der Waals surface area contributed by atoms with E-state index in [9.17, 15) is 0 Å². The van der Waals surface area contributed by atoms with Gasteiger partial charge in [0.15, 0.2) is 0 Å². The molecule has 0 spiro atoms. The van der Waals surface area contributed by atoms with Crippen molar-refractivity contribution >= 4 is 7.85 Å². The second-order valence-corrected chi connectivity index (χ2v) is 2.66. The number of ether oxygens (including phenoxy) is 1. The van der Waals surface area contributed by atoms with Crippen molar-refractivity contribution in [1.29, 1.82) is 0 Å². The van der Waals surface area contributed by atoms with Crippen molar-refractivity contribution in [1.82, 2.24) is 0 Å². The Balaban J connectivity index is 2.31. The molecule has 1 fully saturated rings. The molecule has 1 nitrogen and oxygen atoms in total. The number of hydrogen-bond donors (Lipinski definition) is 0. The first-order chi connectivity index (χ1) is 2.71. The van der Waals surface area contributed by atoms with Crippen LogP contribution in [0, 0.1) is 0 Å². The monoisotopic (exact) mass is 84.1 g/mol. The Hall–Kier alpha value is 0.0249. The molecule has 1 heterocycles. The average Bonchev–Trinajstić information content (AvgIpc) is 1.32. The third kappa shape index (κ3) is 0.572. The van der Waals surface area contributed by atoms with Gasteiger partial charge in [-0.25, -0.2) is 0 Å². The molecule has 0 aromatic heterocycles. The van der Waals surface area contributed by atoms with Crippen molar-refractivity contribution in [3.63, 3.8) is 0 Å². The Bertz CT molecular complexity index is 54.6. The maximum atomic E-state index is 4.94. The van der Waals surface area contributed by atoms with Gasteiger partial charge in [0.1, 0.15) is 7.85 Å². The predicted molar refractivity (Wildman–Crippen MR) is 27.7 cm³/mol. The van der Waals surface area contributed by atoms with Crippen molar-refractivity contribution < 1.29 is 4.74 Å². The minimum absolute atomic E-state index is 0.500. The van der Waals surface area contributed by atoms with Crippen LogP contribution in [0.1, 0.15) is 6.92 Å². The van der Waals surface area contributed by atoms with E-state index in [2.05, 4.69) is 14.8 Å². The van der Waals surface area contributed by atoms with Gasteiger partial charge in [-0.1, -0.05) is 6.92 Å². The first-order valence-electron chi connectivity index (χ1n) is 2.28. The first-order valence-corrected chi connectivity index (χ1v) is 2.28. The van der Waals surface area contributed by atoms with Crippen molar-refractivity contribution in [2.75, 3.05) is 13.2 Å². The van der Waals surface area contributed by atoms with Crippen molar-refractivity contribution in [2.24, 2.45) is 0 Å². The molecule has 0 N–H and O–H groups in total. The molecule has 0 aromatic rings. The molecule has 0 bridgehead atoms. The van der Waals surface area contributed by atoms with E-state index in [4.69, 9.17) is 4.74 Å². The topological polar surface area (TPSA) is 9.23 Å². The summed E-state index contributed by atoms with van der Waals surface area (Å²) in [6.07, 6.45) is 0. The van der Waals surface area contributed by atoms with Gasteiger partial charge in [-0.3, -0.25) is 0 Å². The molecule has 0 amide bonds. The average molecular weight is 83.9 g/mol. The van der Waals surface area contributed by atoms with Gasteiger partial charge in [-0.15, -0.1) is 0 Å². The highest BCUT2D eigenvalue weighted by Gasteiger charge is 2.26. The molecule has 0 atom stereocenters. The molecule has 2 heteroatoms. The molecule has 0 aliphatic carbocycles. The van der Waals surface area contributed by atoms with Crippen LogP contribution in [0.4, 0.5) is 0 Å². The van der Waals surface area contributed by atoms with Crippen LogP contribution in [0.3, 0.4) is 0 Å². The normalized spacial score (nSPS) is 28.8. The minimum atomic E-state index is 0.500. The first kappa shape index (κ1) is 4.19. The molecule has 1 saturated heterocycles. The zero-order chi connectivity index (χ0) is 4.62. The quantitative estimate of drug-likeness (QED) is 0.370. The second kappa shape index (κ2) is 0.999. The maximum absolute atomic E-state index is 4.94. The highest BCUT2D eigenvalue weighted by molar-refractivity contribution is 6.15. The molecule has 6 heavy (non-hydrogen) atoms. The van der Waals surface area contributed by atoms with Crippen molar-refractivity contribution in [3.8, 4) is 0 Å². The SMILES string of the molecule is BC1(C)COC1. The zero-order valence-electron chi connectivity index (χ0n) is 4.32. The Morgan fingerprint density at radius 3 is 2.00 bits per heavy atom. The molecular formula is C4H9BO. The van der Waals surface area contributed by atoms with Gasteiger partial charge in [-0.05, 0) is 5.31 Å². The van der Waals surface area contributed by atoms with Crippen LogP contribution in [0.2, 0.25) is 5.31 Å². The summed E-state index contributed by atoms with van der Waals surface area (Å²) in [6, 6.07) is 0. The van der Waals surface area contributed by atoms with Crippen LogP contribution in [-0.4, -0.2) is 21.1 Å². The van der Waals surface area contributed by atoms with E-state index in [-0.39, 0.29) is 0 Å². The summed E-state index contributed by atoms with van der Waals surface area (Å²) >= 11 is 0. The van der Waals surface area contributed by atoms with Crippen molar-refractivity contribution in [3.05, 3.63) is 0 Å². The van der Waals surface area contributed by atoms with E-state index in [1.807, 2.05) is 0 Å². The third-order valence-electron chi connectivity index (χ3n) is 0.986. The van der Waals surface area contributed by atoms with Gasteiger partial charge in [0.25, 0.3) is 0 Å². The van der Waals surface area contributed by atoms with E-state index in [0.717, 1.165) is 13.2 Å². The van der Waals surface area contributed by atoms with Crippen LogP contribution in [-0.2, 0) is 4.74 Å². The summed E-state index contributed by atoms with van der Waals surface area (Å²) in [5, 5.41) is 0.500. The smallest absolute Gasteiger partial charge is 0.115 e. The Morgan fingerprint density at radius 2 is 2.00 bits per heavy atom. The summed E-state index contributed by atoms with van der Waals surface area (Å²) in [5.41, 5.74) is 0. The van der Waals surface area contributed by atoms with Gasteiger partial charge in [0, 0.05) is 13.2 Å². The molecular weight excluding hydrogens is 74.9 g/mol. The lowest BCUT2D eigenvalue weighted by Crippen LogP contribution is -2.32. The predicted octanol–water partition coefficient (Wildman–Crippen LogP) is -0.172. The molecule has 34 valence electrons. The van der Waals surface area contributed by atoms with E-state index < -0.39 is 0 Å². The van der Waals surface area contributed by atoms with E-state index in [1.54, 1.807) is 0 Å². The molecule has 0 unspecified atom stereocenters. The largest absolute Gasteiger partial charge is 0.382 e. The lowest BCUT2D eigenvalue weighted by atomic mass is 9.69. The minimum Gasteiger partial charge on any atom is -0.382 e. The van der Waals surface area contributed by atoms with Gasteiger partial charge in [0.2, 0.25) is 0 Å². The van der Waals surface area contributed by atoms with Crippen LogP contribution in [0.15, 0.2) is 0 Å². The second-order valence-electron chi connectivity index (χ2n) is 2.66. The molecule has 1 rings (SSSR count). The van der Waals surface area contributed by atoms with Gasteiger partial charge >= 0.3 is 0 Å². The highest BCUT2D eigenvalue weighted by Crippen LogP contribution is 2.28. The van der Waals surface area contributed by atoms with E-state index in [0.29, 0.717) is 5.31 Å². The Kier molecular flexibility index (Phi) is 0.698. The summed E-state index contributed by atoms with van der Waals surface area (Å²) < 4.78 is 4.94. The van der Waals surface area contributed by atoms with Gasteiger partial charge in [0.05, 0.1) is 0 Å². The fourth-order valence-corrected chi connectivity index (χ4v) is 0.510. The molecule has 0 aromatic carbocycles. The zero-order valence-corrected chi connectivity index (χ0v) is 4.32. The van der Waals surface area contributed by atoms with Gasteiger partial charge in [-0.2, -0.15) is 0 Å². The maximum Gasteiger partial charge on any atom is 0.115 e. The standard InChI is InChI=1S/C4H9BO/c1-4(5)2-6-3-4/h2-3,5H2,1H3. The van der Waals surface area contributed by atoms with E-state index >= 15 is 0 Å². The number of hydrogen-bond acceptors (Lipinski definition) is 1. The summed E-state index contributed by atoms with van der Waals surface area (Å²) in [6.45, 7) is 4.11. The summed E-state index contributed by atoms with van der Waals surface area (Å²) in [5.74, 6) is 0. The molecule has 0 radical (unpaired) electrons. The fourth-order valence-electron chi connectivity index (χ4n) is 0.510.